The molecule has 2 aromatic heterocycles. The third kappa shape index (κ3) is 1.47. The van der Waals surface area contributed by atoms with Crippen molar-refractivity contribution in [3.63, 3.8) is 0 Å². The van der Waals surface area contributed by atoms with Gasteiger partial charge in [-0.25, -0.2) is 5.84 Å². The number of aromatic nitrogens is 2. The number of anilines is 2. The highest BCUT2D eigenvalue weighted by molar-refractivity contribution is 5.90. The summed E-state index contributed by atoms with van der Waals surface area (Å²) in [7, 11) is 3.73. The van der Waals surface area contributed by atoms with E-state index in [0.29, 0.717) is 17.5 Å². The predicted molar refractivity (Wildman–Crippen MR) is 63.4 cm³/mol. The lowest BCUT2D eigenvalue weighted by molar-refractivity contribution is 0.564. The molecule has 0 saturated carbocycles. The lowest BCUT2D eigenvalue weighted by Gasteiger charge is -2.11. The monoisotopic (exact) mass is 221 g/mol. The number of aryl methyl sites for hydroxylation is 2. The van der Waals surface area contributed by atoms with Crippen molar-refractivity contribution in [2.24, 2.45) is 5.84 Å². The van der Waals surface area contributed by atoms with Crippen molar-refractivity contribution in [3.8, 4) is 0 Å². The molecule has 0 fully saturated rings. The van der Waals surface area contributed by atoms with Gasteiger partial charge >= 0.3 is 0 Å². The van der Waals surface area contributed by atoms with Crippen LogP contribution in [0.15, 0.2) is 4.42 Å². The largest absolute Gasteiger partial charge is 0.443 e. The van der Waals surface area contributed by atoms with Gasteiger partial charge in [0, 0.05) is 19.7 Å². The van der Waals surface area contributed by atoms with Gasteiger partial charge in [-0.1, -0.05) is 0 Å². The van der Waals surface area contributed by atoms with Crippen molar-refractivity contribution in [1.29, 1.82) is 0 Å². The smallest absolute Gasteiger partial charge is 0.233 e. The summed E-state index contributed by atoms with van der Waals surface area (Å²) in [4.78, 5) is 10.4. The second-order valence-corrected chi connectivity index (χ2v) is 3.87. The molecule has 2 heterocycles. The van der Waals surface area contributed by atoms with Crippen LogP contribution in [-0.2, 0) is 0 Å². The summed E-state index contributed by atoms with van der Waals surface area (Å²) in [5, 5.41) is 0.839. The van der Waals surface area contributed by atoms with Gasteiger partial charge in [-0.3, -0.25) is 0 Å². The zero-order valence-electron chi connectivity index (χ0n) is 9.83. The Morgan fingerprint density at radius 3 is 2.50 bits per heavy atom. The molecule has 3 N–H and O–H groups in total. The Morgan fingerprint density at radius 1 is 1.25 bits per heavy atom. The predicted octanol–water partition coefficient (Wildman–Crippen LogP) is 1.19. The van der Waals surface area contributed by atoms with Crippen LogP contribution < -0.4 is 16.2 Å². The molecular weight excluding hydrogens is 206 g/mol. The first-order valence-electron chi connectivity index (χ1n) is 4.96. The van der Waals surface area contributed by atoms with E-state index in [-0.39, 0.29) is 0 Å². The third-order valence-electron chi connectivity index (χ3n) is 2.55. The number of hydrogen-bond acceptors (Lipinski definition) is 6. The zero-order valence-corrected chi connectivity index (χ0v) is 9.83. The van der Waals surface area contributed by atoms with E-state index in [1.165, 1.54) is 0 Å². The molecular formula is C10H15N5O. The van der Waals surface area contributed by atoms with E-state index >= 15 is 0 Å². The molecule has 6 heteroatoms. The van der Waals surface area contributed by atoms with Gasteiger partial charge in [0.25, 0.3) is 0 Å². The summed E-state index contributed by atoms with van der Waals surface area (Å²) in [6, 6.07) is 0. The van der Waals surface area contributed by atoms with Gasteiger partial charge in [0.1, 0.15) is 5.76 Å². The van der Waals surface area contributed by atoms with Crippen molar-refractivity contribution < 1.29 is 4.42 Å². The highest BCUT2D eigenvalue weighted by Crippen LogP contribution is 2.29. The number of nitrogens with two attached hydrogens (primary N) is 1. The molecule has 0 atom stereocenters. The number of nitrogens with zero attached hydrogens (tertiary/aromatic N) is 3. The summed E-state index contributed by atoms with van der Waals surface area (Å²) < 4.78 is 5.56. The molecule has 2 aromatic rings. The minimum Gasteiger partial charge on any atom is -0.443 e. The quantitative estimate of drug-likeness (QED) is 0.585. The topological polar surface area (TPSA) is 80.2 Å². The Balaban J connectivity index is 2.78. The molecule has 6 nitrogen and oxygen atoms in total. The van der Waals surface area contributed by atoms with Crippen LogP contribution in [0.3, 0.4) is 0 Å². The van der Waals surface area contributed by atoms with Crippen molar-refractivity contribution in [2.75, 3.05) is 24.4 Å². The molecule has 0 aliphatic rings. The average molecular weight is 221 g/mol. The number of nitrogen functional groups attached to an aromatic ring is 1. The van der Waals surface area contributed by atoms with Gasteiger partial charge in [0.05, 0.1) is 5.39 Å². The molecule has 86 valence electrons. The van der Waals surface area contributed by atoms with E-state index in [9.17, 15) is 0 Å². The summed E-state index contributed by atoms with van der Waals surface area (Å²) in [5.74, 6) is 7.44. The Morgan fingerprint density at radius 2 is 1.94 bits per heavy atom. The molecule has 2 rings (SSSR count). The maximum Gasteiger partial charge on any atom is 0.233 e. The molecule has 0 unspecified atom stereocenters. The van der Waals surface area contributed by atoms with E-state index in [1.54, 1.807) is 4.90 Å². The lowest BCUT2D eigenvalue weighted by Crippen LogP contribution is -2.16. The van der Waals surface area contributed by atoms with E-state index < -0.39 is 0 Å². The fraction of sp³-hybridized carbons (Fsp3) is 0.400. The van der Waals surface area contributed by atoms with Crippen LogP contribution in [0.2, 0.25) is 0 Å². The van der Waals surface area contributed by atoms with Crippen LogP contribution in [0, 0.1) is 13.8 Å². The molecule has 0 aromatic carbocycles. The number of nitrogens with one attached hydrogen (secondary N) is 1. The van der Waals surface area contributed by atoms with Gasteiger partial charge in [-0.15, -0.1) is 0 Å². The maximum atomic E-state index is 5.56. The first-order chi connectivity index (χ1) is 7.54. The van der Waals surface area contributed by atoms with Crippen molar-refractivity contribution >= 4 is 22.9 Å². The lowest BCUT2D eigenvalue weighted by atomic mass is 10.2. The van der Waals surface area contributed by atoms with Gasteiger partial charge in [0.2, 0.25) is 11.7 Å². The highest BCUT2D eigenvalue weighted by atomic mass is 16.3. The molecule has 0 amide bonds. The van der Waals surface area contributed by atoms with Crippen LogP contribution in [0.4, 0.5) is 11.8 Å². The molecule has 0 spiro atoms. The summed E-state index contributed by atoms with van der Waals surface area (Å²) in [6.07, 6.45) is 0. The van der Waals surface area contributed by atoms with Crippen molar-refractivity contribution in [2.45, 2.75) is 13.8 Å². The Labute approximate surface area is 93.4 Å². The Bertz CT molecular complexity index is 531. The van der Waals surface area contributed by atoms with Gasteiger partial charge in [0.15, 0.2) is 5.82 Å². The molecule has 0 saturated heterocycles. The van der Waals surface area contributed by atoms with E-state index in [1.807, 2.05) is 27.9 Å². The van der Waals surface area contributed by atoms with Gasteiger partial charge < -0.3 is 14.7 Å². The summed E-state index contributed by atoms with van der Waals surface area (Å²) in [6.45, 7) is 3.85. The summed E-state index contributed by atoms with van der Waals surface area (Å²) >= 11 is 0. The number of hydrogen-bond donors (Lipinski definition) is 2. The van der Waals surface area contributed by atoms with Crippen LogP contribution in [-0.4, -0.2) is 24.1 Å². The average Bonchev–Trinajstić information content (AvgIpc) is 2.53. The van der Waals surface area contributed by atoms with E-state index in [0.717, 1.165) is 16.7 Å². The molecule has 16 heavy (non-hydrogen) atoms. The van der Waals surface area contributed by atoms with Crippen LogP contribution in [0.5, 0.6) is 0 Å². The van der Waals surface area contributed by atoms with E-state index in [4.69, 9.17) is 10.3 Å². The minimum absolute atomic E-state index is 0.557. The second kappa shape index (κ2) is 3.64. The molecule has 0 bridgehead atoms. The van der Waals surface area contributed by atoms with Crippen LogP contribution in [0.1, 0.15) is 11.3 Å². The first-order valence-corrected chi connectivity index (χ1v) is 4.96. The van der Waals surface area contributed by atoms with Crippen LogP contribution in [0.25, 0.3) is 11.1 Å². The molecule has 0 radical (unpaired) electrons. The van der Waals surface area contributed by atoms with Gasteiger partial charge in [-0.05, 0) is 13.8 Å². The SMILES string of the molecule is Cc1oc2nc(N(C)C)nc(NN)c2c1C. The zero-order chi connectivity index (χ0) is 11.9. The molecule has 0 aliphatic heterocycles. The maximum absolute atomic E-state index is 5.56. The molecule has 0 aliphatic carbocycles. The fourth-order valence-corrected chi connectivity index (χ4v) is 1.54. The van der Waals surface area contributed by atoms with Crippen molar-refractivity contribution in [1.82, 2.24) is 9.97 Å². The standard InChI is InChI=1S/C10H15N5O/c1-5-6(2)16-9-7(5)8(14-11)12-10(13-9)15(3)4/h11H2,1-4H3,(H,12,13,14). The second-order valence-electron chi connectivity index (χ2n) is 3.87. The number of hydrazine groups is 1. The number of rotatable bonds is 2. The third-order valence-corrected chi connectivity index (χ3v) is 2.55. The Hall–Kier alpha value is -1.82. The van der Waals surface area contributed by atoms with E-state index in [2.05, 4.69) is 15.4 Å². The number of furan rings is 1. The Kier molecular flexibility index (Phi) is 2.43. The summed E-state index contributed by atoms with van der Waals surface area (Å²) in [5.41, 5.74) is 4.15. The number of fused-ring (bicyclic) bond motifs is 1. The van der Waals surface area contributed by atoms with Crippen LogP contribution >= 0.6 is 0 Å². The van der Waals surface area contributed by atoms with Crippen molar-refractivity contribution in [3.05, 3.63) is 11.3 Å². The fourth-order valence-electron chi connectivity index (χ4n) is 1.54. The highest BCUT2D eigenvalue weighted by Gasteiger charge is 2.16. The normalized spacial score (nSPS) is 10.8. The first kappa shape index (κ1) is 10.7. The van der Waals surface area contributed by atoms with Gasteiger partial charge in [-0.2, -0.15) is 9.97 Å². The minimum atomic E-state index is 0.557.